The summed E-state index contributed by atoms with van der Waals surface area (Å²) in [6.45, 7) is 0.278. The van der Waals surface area contributed by atoms with Gasteiger partial charge in [0, 0.05) is 19.1 Å². The Balaban J connectivity index is 2.01. The number of hydrogen-bond donors (Lipinski definition) is 1. The zero-order valence-corrected chi connectivity index (χ0v) is 6.29. The molecule has 0 amide bonds. The molecule has 1 saturated carbocycles. The lowest BCUT2D eigenvalue weighted by molar-refractivity contribution is 0.209. The zero-order valence-electron chi connectivity index (χ0n) is 6.29. The number of rotatable bonds is 3. The Morgan fingerprint density at radius 3 is 2.91 bits per heavy atom. The number of hydrogen-bond acceptors (Lipinski definition) is 3. The summed E-state index contributed by atoms with van der Waals surface area (Å²) in [5, 5.41) is 12.8. The molecular formula is C8H11NO2. The molecule has 0 radical (unpaired) electrons. The van der Waals surface area contributed by atoms with Crippen LogP contribution in [0, 0.1) is 5.41 Å². The van der Waals surface area contributed by atoms with Crippen molar-refractivity contribution in [2.75, 3.05) is 6.61 Å². The fourth-order valence-electron chi connectivity index (χ4n) is 1.28. The molecule has 1 aromatic heterocycles. The van der Waals surface area contributed by atoms with Crippen LogP contribution in [0.25, 0.3) is 0 Å². The normalized spacial score (nSPS) is 20.1. The fourth-order valence-corrected chi connectivity index (χ4v) is 1.28. The molecule has 1 aromatic rings. The molecule has 0 aromatic carbocycles. The van der Waals surface area contributed by atoms with E-state index in [0.717, 1.165) is 25.0 Å². The van der Waals surface area contributed by atoms with E-state index in [1.54, 1.807) is 6.26 Å². The van der Waals surface area contributed by atoms with E-state index in [-0.39, 0.29) is 12.0 Å². The topological polar surface area (TPSA) is 46.3 Å². The minimum atomic E-state index is 0.150. The first-order chi connectivity index (χ1) is 5.35. The lowest BCUT2D eigenvalue weighted by Gasteiger charge is -2.06. The summed E-state index contributed by atoms with van der Waals surface area (Å²) in [6.07, 6.45) is 4.68. The third kappa shape index (κ3) is 1.28. The van der Waals surface area contributed by atoms with Crippen LogP contribution in [-0.2, 0) is 6.42 Å². The number of aromatic nitrogens is 1. The molecular weight excluding hydrogens is 142 g/mol. The van der Waals surface area contributed by atoms with Gasteiger partial charge in [-0.2, -0.15) is 0 Å². The van der Waals surface area contributed by atoms with Gasteiger partial charge in [-0.1, -0.05) is 5.16 Å². The SMILES string of the molecule is OCC1(Cc2ccon2)CC1. The molecule has 1 aliphatic carbocycles. The molecule has 1 aliphatic rings. The summed E-state index contributed by atoms with van der Waals surface area (Å²) < 4.78 is 4.70. The van der Waals surface area contributed by atoms with Gasteiger partial charge in [-0.3, -0.25) is 0 Å². The molecule has 60 valence electrons. The van der Waals surface area contributed by atoms with Crippen LogP contribution in [0.3, 0.4) is 0 Å². The van der Waals surface area contributed by atoms with Crippen molar-refractivity contribution in [1.82, 2.24) is 5.16 Å². The second-order valence-electron chi connectivity index (χ2n) is 3.33. The van der Waals surface area contributed by atoms with Gasteiger partial charge in [-0.05, 0) is 18.3 Å². The van der Waals surface area contributed by atoms with Gasteiger partial charge >= 0.3 is 0 Å². The van der Waals surface area contributed by atoms with E-state index in [4.69, 9.17) is 9.63 Å². The Labute approximate surface area is 65.0 Å². The highest BCUT2D eigenvalue weighted by Crippen LogP contribution is 2.47. The second kappa shape index (κ2) is 2.34. The Bertz CT molecular complexity index is 226. The predicted molar refractivity (Wildman–Crippen MR) is 39.0 cm³/mol. The quantitative estimate of drug-likeness (QED) is 0.704. The molecule has 0 bridgehead atoms. The summed E-state index contributed by atoms with van der Waals surface area (Å²) in [5.41, 5.74) is 1.10. The Hall–Kier alpha value is -0.830. The van der Waals surface area contributed by atoms with Crippen LogP contribution in [0.1, 0.15) is 18.5 Å². The van der Waals surface area contributed by atoms with Crippen molar-refractivity contribution in [3.05, 3.63) is 18.0 Å². The lowest BCUT2D eigenvalue weighted by Crippen LogP contribution is -2.09. The van der Waals surface area contributed by atoms with Crippen molar-refractivity contribution in [1.29, 1.82) is 0 Å². The first-order valence-electron chi connectivity index (χ1n) is 3.85. The molecule has 0 atom stereocenters. The highest BCUT2D eigenvalue weighted by Gasteiger charge is 2.42. The van der Waals surface area contributed by atoms with Gasteiger partial charge in [-0.15, -0.1) is 0 Å². The van der Waals surface area contributed by atoms with E-state index in [1.807, 2.05) is 6.07 Å². The molecule has 0 saturated heterocycles. The first-order valence-corrected chi connectivity index (χ1v) is 3.85. The molecule has 2 rings (SSSR count). The molecule has 1 N–H and O–H groups in total. The van der Waals surface area contributed by atoms with Crippen LogP contribution in [-0.4, -0.2) is 16.9 Å². The van der Waals surface area contributed by atoms with E-state index < -0.39 is 0 Å². The highest BCUT2D eigenvalue weighted by molar-refractivity contribution is 5.06. The number of nitrogens with zero attached hydrogens (tertiary/aromatic N) is 1. The van der Waals surface area contributed by atoms with Crippen LogP contribution in [0.15, 0.2) is 16.9 Å². The maximum atomic E-state index is 9.00. The fraction of sp³-hybridized carbons (Fsp3) is 0.625. The number of aliphatic hydroxyl groups excluding tert-OH is 1. The van der Waals surface area contributed by atoms with E-state index >= 15 is 0 Å². The average Bonchev–Trinajstić information content (AvgIpc) is 2.59. The van der Waals surface area contributed by atoms with Gasteiger partial charge in [0.25, 0.3) is 0 Å². The molecule has 11 heavy (non-hydrogen) atoms. The molecule has 3 heteroatoms. The number of aliphatic hydroxyl groups is 1. The van der Waals surface area contributed by atoms with E-state index in [2.05, 4.69) is 5.16 Å². The summed E-state index contributed by atoms with van der Waals surface area (Å²) in [4.78, 5) is 0. The van der Waals surface area contributed by atoms with Crippen LogP contribution in [0.5, 0.6) is 0 Å². The molecule has 0 aliphatic heterocycles. The van der Waals surface area contributed by atoms with Crippen molar-refractivity contribution in [3.63, 3.8) is 0 Å². The van der Waals surface area contributed by atoms with Crippen molar-refractivity contribution < 1.29 is 9.63 Å². The molecule has 0 unspecified atom stereocenters. The Morgan fingerprint density at radius 1 is 1.64 bits per heavy atom. The van der Waals surface area contributed by atoms with Crippen LogP contribution in [0.4, 0.5) is 0 Å². The highest BCUT2D eigenvalue weighted by atomic mass is 16.5. The van der Waals surface area contributed by atoms with Gasteiger partial charge in [0.1, 0.15) is 6.26 Å². The predicted octanol–water partition coefficient (Wildman–Crippen LogP) is 0.990. The van der Waals surface area contributed by atoms with Gasteiger partial charge in [0.15, 0.2) is 0 Å². The van der Waals surface area contributed by atoms with Gasteiger partial charge in [0.2, 0.25) is 0 Å². The van der Waals surface area contributed by atoms with Gasteiger partial charge in [-0.25, -0.2) is 0 Å². The standard InChI is InChI=1S/C8H11NO2/c10-6-8(2-3-8)5-7-1-4-11-9-7/h1,4,10H,2-3,5-6H2. The van der Waals surface area contributed by atoms with Crippen LogP contribution in [0.2, 0.25) is 0 Å². The average molecular weight is 153 g/mol. The van der Waals surface area contributed by atoms with E-state index in [1.165, 1.54) is 0 Å². The van der Waals surface area contributed by atoms with Crippen molar-refractivity contribution >= 4 is 0 Å². The summed E-state index contributed by atoms with van der Waals surface area (Å²) in [5.74, 6) is 0. The van der Waals surface area contributed by atoms with Crippen LogP contribution >= 0.6 is 0 Å². The van der Waals surface area contributed by atoms with Crippen molar-refractivity contribution in [3.8, 4) is 0 Å². The molecule has 3 nitrogen and oxygen atoms in total. The third-order valence-electron chi connectivity index (χ3n) is 2.34. The van der Waals surface area contributed by atoms with Crippen molar-refractivity contribution in [2.24, 2.45) is 5.41 Å². The Morgan fingerprint density at radius 2 is 2.45 bits per heavy atom. The van der Waals surface area contributed by atoms with Crippen LogP contribution < -0.4 is 0 Å². The minimum Gasteiger partial charge on any atom is -0.396 e. The summed E-state index contributed by atoms with van der Waals surface area (Å²) >= 11 is 0. The third-order valence-corrected chi connectivity index (χ3v) is 2.34. The lowest BCUT2D eigenvalue weighted by atomic mass is 10.0. The van der Waals surface area contributed by atoms with Gasteiger partial charge < -0.3 is 9.63 Å². The van der Waals surface area contributed by atoms with Crippen molar-refractivity contribution in [2.45, 2.75) is 19.3 Å². The monoisotopic (exact) mass is 153 g/mol. The molecule has 1 fully saturated rings. The molecule has 0 spiro atoms. The Kier molecular flexibility index (Phi) is 1.46. The maximum absolute atomic E-state index is 9.00. The largest absolute Gasteiger partial charge is 0.396 e. The maximum Gasteiger partial charge on any atom is 0.124 e. The van der Waals surface area contributed by atoms with E-state index in [0.29, 0.717) is 0 Å². The van der Waals surface area contributed by atoms with Gasteiger partial charge in [0.05, 0.1) is 5.69 Å². The smallest absolute Gasteiger partial charge is 0.124 e. The summed E-state index contributed by atoms with van der Waals surface area (Å²) in [6, 6.07) is 1.86. The zero-order chi connectivity index (χ0) is 7.73. The van der Waals surface area contributed by atoms with E-state index in [9.17, 15) is 0 Å². The molecule has 1 heterocycles. The first kappa shape index (κ1) is 6.85. The summed E-state index contributed by atoms with van der Waals surface area (Å²) in [7, 11) is 0. The minimum absolute atomic E-state index is 0.150. The second-order valence-corrected chi connectivity index (χ2v) is 3.33.